The molecule has 0 saturated carbocycles. The van der Waals surface area contributed by atoms with Crippen LogP contribution in [0.25, 0.3) is 0 Å². The van der Waals surface area contributed by atoms with Gasteiger partial charge in [-0.05, 0) is 37.6 Å². The Kier molecular flexibility index (Phi) is 4.31. The van der Waals surface area contributed by atoms with E-state index in [1.54, 1.807) is 19.1 Å². The van der Waals surface area contributed by atoms with E-state index < -0.39 is 0 Å². The number of anilines is 1. The van der Waals surface area contributed by atoms with Crippen LogP contribution in [0.3, 0.4) is 0 Å². The van der Waals surface area contributed by atoms with Gasteiger partial charge in [-0.3, -0.25) is 4.79 Å². The maximum atomic E-state index is 11.0. The molecule has 0 fully saturated rings. The minimum Gasteiger partial charge on any atom is -0.394 e. The average Bonchev–Trinajstić information content (AvgIpc) is 2.26. The lowest BCUT2D eigenvalue weighted by Gasteiger charge is -2.15. The molecule has 1 rings (SSSR count). The number of hydrogen-bond donors (Lipinski definition) is 2. The first-order valence-corrected chi connectivity index (χ1v) is 5.15. The van der Waals surface area contributed by atoms with E-state index >= 15 is 0 Å². The number of hydrogen-bond acceptors (Lipinski definition) is 3. The van der Waals surface area contributed by atoms with E-state index in [2.05, 4.69) is 5.32 Å². The van der Waals surface area contributed by atoms with Gasteiger partial charge >= 0.3 is 0 Å². The fraction of sp³-hybridized carbons (Fsp3) is 0.417. The van der Waals surface area contributed by atoms with E-state index in [0.29, 0.717) is 5.56 Å². The third-order valence-electron chi connectivity index (χ3n) is 2.38. The van der Waals surface area contributed by atoms with Crippen molar-refractivity contribution in [3.05, 3.63) is 29.8 Å². The Morgan fingerprint density at radius 3 is 2.40 bits per heavy atom. The van der Waals surface area contributed by atoms with Crippen LogP contribution in [0.5, 0.6) is 0 Å². The Balaban J connectivity index is 2.67. The SMILES string of the molecule is CCC(CO)Nc1ccc(C(C)=O)cc1. The molecule has 0 aliphatic rings. The predicted molar refractivity (Wildman–Crippen MR) is 61.2 cm³/mol. The number of ketones is 1. The Morgan fingerprint density at radius 1 is 1.40 bits per heavy atom. The molecule has 0 saturated heterocycles. The first kappa shape index (κ1) is 11.7. The standard InChI is InChI=1S/C12H17NO2/c1-3-11(8-14)13-12-6-4-10(5-7-12)9(2)15/h4-7,11,13-14H,3,8H2,1-2H3. The average molecular weight is 207 g/mol. The van der Waals surface area contributed by atoms with Crippen molar-refractivity contribution < 1.29 is 9.90 Å². The number of benzene rings is 1. The lowest BCUT2D eigenvalue weighted by atomic mass is 10.1. The van der Waals surface area contributed by atoms with Crippen LogP contribution in [0, 0.1) is 0 Å². The molecule has 3 nitrogen and oxygen atoms in total. The largest absolute Gasteiger partial charge is 0.394 e. The number of carbonyl (C=O) groups excluding carboxylic acids is 1. The maximum absolute atomic E-state index is 11.0. The second kappa shape index (κ2) is 5.51. The molecule has 1 aromatic carbocycles. The molecular weight excluding hydrogens is 190 g/mol. The molecule has 15 heavy (non-hydrogen) atoms. The molecule has 0 heterocycles. The second-order valence-corrected chi connectivity index (χ2v) is 3.57. The first-order chi connectivity index (χ1) is 7.17. The summed E-state index contributed by atoms with van der Waals surface area (Å²) in [6.45, 7) is 3.67. The summed E-state index contributed by atoms with van der Waals surface area (Å²) >= 11 is 0. The number of nitrogens with one attached hydrogen (secondary N) is 1. The highest BCUT2D eigenvalue weighted by molar-refractivity contribution is 5.94. The molecule has 1 atom stereocenters. The van der Waals surface area contributed by atoms with E-state index in [4.69, 9.17) is 5.11 Å². The van der Waals surface area contributed by atoms with E-state index in [1.807, 2.05) is 19.1 Å². The van der Waals surface area contributed by atoms with Crippen molar-refractivity contribution in [1.29, 1.82) is 0 Å². The quantitative estimate of drug-likeness (QED) is 0.727. The number of carbonyl (C=O) groups is 1. The van der Waals surface area contributed by atoms with Gasteiger partial charge in [0.15, 0.2) is 5.78 Å². The number of rotatable bonds is 5. The smallest absolute Gasteiger partial charge is 0.159 e. The molecule has 0 aliphatic carbocycles. The number of aliphatic hydroxyl groups is 1. The summed E-state index contributed by atoms with van der Waals surface area (Å²) in [7, 11) is 0. The molecule has 0 aromatic heterocycles. The monoisotopic (exact) mass is 207 g/mol. The third kappa shape index (κ3) is 3.36. The summed E-state index contributed by atoms with van der Waals surface area (Å²) < 4.78 is 0. The third-order valence-corrected chi connectivity index (χ3v) is 2.38. The van der Waals surface area contributed by atoms with E-state index in [0.717, 1.165) is 12.1 Å². The van der Waals surface area contributed by atoms with Gasteiger partial charge in [0.2, 0.25) is 0 Å². The van der Waals surface area contributed by atoms with Crippen LogP contribution in [0.4, 0.5) is 5.69 Å². The Bertz CT molecular complexity index is 315. The summed E-state index contributed by atoms with van der Waals surface area (Å²) in [5.41, 5.74) is 1.64. The van der Waals surface area contributed by atoms with Crippen molar-refractivity contribution in [2.24, 2.45) is 0 Å². The van der Waals surface area contributed by atoms with Crippen LogP contribution in [0.2, 0.25) is 0 Å². The van der Waals surface area contributed by atoms with Gasteiger partial charge in [-0.25, -0.2) is 0 Å². The number of Topliss-reactive ketones (excluding diaryl/α,β-unsaturated/α-hetero) is 1. The molecule has 1 unspecified atom stereocenters. The van der Waals surface area contributed by atoms with Gasteiger partial charge in [0.05, 0.1) is 6.61 Å². The van der Waals surface area contributed by atoms with E-state index in [9.17, 15) is 4.79 Å². The molecular formula is C12H17NO2. The molecule has 0 spiro atoms. The predicted octanol–water partition coefficient (Wildman–Crippen LogP) is 2.07. The highest BCUT2D eigenvalue weighted by Crippen LogP contribution is 2.12. The fourth-order valence-electron chi connectivity index (χ4n) is 1.31. The fourth-order valence-corrected chi connectivity index (χ4v) is 1.31. The summed E-state index contributed by atoms with van der Waals surface area (Å²) in [5.74, 6) is 0.0655. The van der Waals surface area contributed by atoms with Crippen LogP contribution in [0.1, 0.15) is 30.6 Å². The molecule has 0 bridgehead atoms. The molecule has 2 N–H and O–H groups in total. The summed E-state index contributed by atoms with van der Waals surface area (Å²) in [5, 5.41) is 12.2. The number of aliphatic hydroxyl groups excluding tert-OH is 1. The minimum absolute atomic E-state index is 0.0655. The summed E-state index contributed by atoms with van der Waals surface area (Å²) in [6, 6.07) is 7.36. The van der Waals surface area contributed by atoms with Crippen LogP contribution in [-0.4, -0.2) is 23.5 Å². The van der Waals surface area contributed by atoms with Crippen molar-refractivity contribution >= 4 is 11.5 Å². The van der Waals surface area contributed by atoms with Gasteiger partial charge < -0.3 is 10.4 Å². The highest BCUT2D eigenvalue weighted by Gasteiger charge is 2.04. The summed E-state index contributed by atoms with van der Waals surface area (Å²) in [4.78, 5) is 11.0. The van der Waals surface area contributed by atoms with Crippen molar-refractivity contribution in [1.82, 2.24) is 0 Å². The lowest BCUT2D eigenvalue weighted by molar-refractivity contribution is 0.101. The summed E-state index contributed by atoms with van der Waals surface area (Å²) in [6.07, 6.45) is 0.866. The molecule has 82 valence electrons. The second-order valence-electron chi connectivity index (χ2n) is 3.57. The van der Waals surface area contributed by atoms with Crippen LogP contribution in [0.15, 0.2) is 24.3 Å². The van der Waals surface area contributed by atoms with Crippen LogP contribution in [-0.2, 0) is 0 Å². The van der Waals surface area contributed by atoms with Gasteiger partial charge in [-0.2, -0.15) is 0 Å². The molecule has 0 aliphatic heterocycles. The van der Waals surface area contributed by atoms with Gasteiger partial charge in [0.1, 0.15) is 0 Å². The zero-order valence-electron chi connectivity index (χ0n) is 9.16. The van der Waals surface area contributed by atoms with Crippen LogP contribution >= 0.6 is 0 Å². The zero-order valence-corrected chi connectivity index (χ0v) is 9.16. The van der Waals surface area contributed by atoms with Crippen molar-refractivity contribution in [3.63, 3.8) is 0 Å². The van der Waals surface area contributed by atoms with Gasteiger partial charge in [-0.15, -0.1) is 0 Å². The van der Waals surface area contributed by atoms with Crippen molar-refractivity contribution in [3.8, 4) is 0 Å². The van der Waals surface area contributed by atoms with Crippen molar-refractivity contribution in [2.45, 2.75) is 26.3 Å². The lowest BCUT2D eigenvalue weighted by Crippen LogP contribution is -2.22. The van der Waals surface area contributed by atoms with Gasteiger partial charge in [0, 0.05) is 17.3 Å². The minimum atomic E-state index is 0.0655. The van der Waals surface area contributed by atoms with Gasteiger partial charge in [-0.1, -0.05) is 6.92 Å². The Hall–Kier alpha value is -1.35. The van der Waals surface area contributed by atoms with E-state index in [1.165, 1.54) is 0 Å². The van der Waals surface area contributed by atoms with E-state index in [-0.39, 0.29) is 18.4 Å². The zero-order chi connectivity index (χ0) is 11.3. The Labute approximate surface area is 90.1 Å². The molecule has 0 radical (unpaired) electrons. The van der Waals surface area contributed by atoms with Gasteiger partial charge in [0.25, 0.3) is 0 Å². The molecule has 1 aromatic rings. The van der Waals surface area contributed by atoms with Crippen LogP contribution < -0.4 is 5.32 Å². The Morgan fingerprint density at radius 2 is 2.00 bits per heavy atom. The first-order valence-electron chi connectivity index (χ1n) is 5.15. The molecule has 3 heteroatoms. The van der Waals surface area contributed by atoms with Crippen molar-refractivity contribution in [2.75, 3.05) is 11.9 Å². The molecule has 0 amide bonds. The highest BCUT2D eigenvalue weighted by atomic mass is 16.3. The maximum Gasteiger partial charge on any atom is 0.159 e. The normalized spacial score (nSPS) is 12.2. The topological polar surface area (TPSA) is 49.3 Å².